The molecule has 0 atom stereocenters. The molecule has 0 aliphatic carbocycles. The molecule has 1 aromatic rings. The number of carboxylic acid groups (broad SMARTS) is 1. The first kappa shape index (κ1) is 14.8. The molecule has 1 heterocycles. The van der Waals surface area contributed by atoms with Crippen molar-refractivity contribution in [2.24, 2.45) is 0 Å². The van der Waals surface area contributed by atoms with Gasteiger partial charge in [-0.15, -0.1) is 0 Å². The van der Waals surface area contributed by atoms with Crippen LogP contribution in [0.1, 0.15) is 5.56 Å². The number of rotatable bonds is 6. The van der Waals surface area contributed by atoms with Crippen LogP contribution in [-0.2, 0) is 9.59 Å². The Kier molecular flexibility index (Phi) is 4.93. The first-order chi connectivity index (χ1) is 9.43. The van der Waals surface area contributed by atoms with Crippen LogP contribution in [-0.4, -0.2) is 40.0 Å². The van der Waals surface area contributed by atoms with E-state index in [1.54, 1.807) is 6.07 Å². The summed E-state index contributed by atoms with van der Waals surface area (Å²) in [5, 5.41) is 32.2. The number of aliphatic carboxylic acids is 1. The predicted octanol–water partition coefficient (Wildman–Crippen LogP) is -0.526. The zero-order valence-corrected chi connectivity index (χ0v) is 9.99. The van der Waals surface area contributed by atoms with Crippen LogP contribution in [0, 0.1) is 21.4 Å². The molecule has 1 amide bonds. The number of pyridine rings is 1. The Balaban J connectivity index is 2.73. The largest absolute Gasteiger partial charge is 0.480 e. The van der Waals surface area contributed by atoms with E-state index in [0.29, 0.717) is 0 Å². The molecular formula is C10H9N5O5. The Labute approximate surface area is 112 Å². The maximum atomic E-state index is 11.2. The number of nitrogens with one attached hydrogen (secondary N) is 2. The molecular weight excluding hydrogens is 270 g/mol. The molecule has 20 heavy (non-hydrogen) atoms. The molecule has 10 nitrogen and oxygen atoms in total. The summed E-state index contributed by atoms with van der Waals surface area (Å²) in [5.74, 6) is -2.05. The van der Waals surface area contributed by atoms with Gasteiger partial charge in [0, 0.05) is 12.3 Å². The molecule has 0 aromatic carbocycles. The minimum absolute atomic E-state index is 0.0116. The van der Waals surface area contributed by atoms with E-state index in [0.717, 1.165) is 12.3 Å². The highest BCUT2D eigenvalue weighted by Gasteiger charge is 2.17. The second-order valence-corrected chi connectivity index (χ2v) is 3.48. The molecule has 3 N–H and O–H groups in total. The maximum absolute atomic E-state index is 11.2. The van der Waals surface area contributed by atoms with Gasteiger partial charge in [-0.05, 0) is 0 Å². The average molecular weight is 279 g/mol. The minimum Gasteiger partial charge on any atom is -0.480 e. The summed E-state index contributed by atoms with van der Waals surface area (Å²) in [6.45, 7) is -0.934. The van der Waals surface area contributed by atoms with E-state index in [9.17, 15) is 19.7 Å². The van der Waals surface area contributed by atoms with Gasteiger partial charge in [-0.3, -0.25) is 19.7 Å². The Bertz CT molecular complexity index is 594. The standard InChI is InChI=1S/C10H9N5O5/c11-2-6-1-7(15(19)20)10(13-3-6)14-4-8(16)12-5-9(17)18/h1,3H,4-5H2,(H,12,16)(H,13,14)(H,17,18). The van der Waals surface area contributed by atoms with E-state index in [1.807, 2.05) is 0 Å². The quantitative estimate of drug-likeness (QED) is 0.463. The van der Waals surface area contributed by atoms with Crippen LogP contribution in [0.25, 0.3) is 0 Å². The molecule has 0 spiro atoms. The first-order valence-corrected chi connectivity index (χ1v) is 5.21. The predicted molar refractivity (Wildman–Crippen MR) is 64.7 cm³/mol. The molecule has 0 bridgehead atoms. The molecule has 0 saturated heterocycles. The van der Waals surface area contributed by atoms with Crippen molar-refractivity contribution in [3.63, 3.8) is 0 Å². The van der Waals surface area contributed by atoms with Crippen molar-refractivity contribution >= 4 is 23.4 Å². The fourth-order valence-electron chi connectivity index (χ4n) is 1.19. The normalized spacial score (nSPS) is 9.35. The third kappa shape index (κ3) is 4.22. The fourth-order valence-corrected chi connectivity index (χ4v) is 1.19. The summed E-state index contributed by atoms with van der Waals surface area (Å²) in [6, 6.07) is 2.73. The monoisotopic (exact) mass is 279 g/mol. The van der Waals surface area contributed by atoms with Gasteiger partial charge >= 0.3 is 11.7 Å². The van der Waals surface area contributed by atoms with Gasteiger partial charge in [-0.2, -0.15) is 5.26 Å². The highest BCUT2D eigenvalue weighted by Crippen LogP contribution is 2.21. The number of amides is 1. The van der Waals surface area contributed by atoms with Gasteiger partial charge in [0.2, 0.25) is 11.7 Å². The van der Waals surface area contributed by atoms with Crippen molar-refractivity contribution in [3.8, 4) is 6.07 Å². The lowest BCUT2D eigenvalue weighted by molar-refractivity contribution is -0.384. The van der Waals surface area contributed by atoms with Crippen molar-refractivity contribution in [2.45, 2.75) is 0 Å². The van der Waals surface area contributed by atoms with Crippen molar-refractivity contribution in [3.05, 3.63) is 27.9 Å². The number of carboxylic acids is 1. The Morgan fingerprint density at radius 1 is 1.50 bits per heavy atom. The zero-order chi connectivity index (χ0) is 15.1. The van der Waals surface area contributed by atoms with Crippen molar-refractivity contribution in [2.75, 3.05) is 18.4 Å². The molecule has 0 aliphatic rings. The first-order valence-electron chi connectivity index (χ1n) is 5.21. The molecule has 10 heteroatoms. The number of hydrogen-bond donors (Lipinski definition) is 3. The van der Waals surface area contributed by atoms with Crippen molar-refractivity contribution < 1.29 is 19.6 Å². The van der Waals surface area contributed by atoms with E-state index in [1.165, 1.54) is 0 Å². The van der Waals surface area contributed by atoms with Gasteiger partial charge in [-0.25, -0.2) is 4.98 Å². The second-order valence-electron chi connectivity index (χ2n) is 3.48. The number of nitriles is 1. The maximum Gasteiger partial charge on any atom is 0.322 e. The highest BCUT2D eigenvalue weighted by atomic mass is 16.6. The van der Waals surface area contributed by atoms with E-state index >= 15 is 0 Å². The third-order valence-electron chi connectivity index (χ3n) is 2.05. The fraction of sp³-hybridized carbons (Fsp3) is 0.200. The highest BCUT2D eigenvalue weighted by molar-refractivity contribution is 5.84. The van der Waals surface area contributed by atoms with Crippen LogP contribution in [0.5, 0.6) is 0 Å². The number of aromatic nitrogens is 1. The molecule has 0 radical (unpaired) electrons. The van der Waals surface area contributed by atoms with Crippen molar-refractivity contribution in [1.29, 1.82) is 5.26 Å². The average Bonchev–Trinajstić information content (AvgIpc) is 2.42. The zero-order valence-electron chi connectivity index (χ0n) is 9.99. The van der Waals surface area contributed by atoms with Gasteiger partial charge in [0.15, 0.2) is 0 Å². The molecule has 0 unspecified atom stereocenters. The SMILES string of the molecule is N#Cc1cnc(NCC(=O)NCC(=O)O)c([N+](=O)[O-])c1. The van der Waals surface area contributed by atoms with Crippen LogP contribution < -0.4 is 10.6 Å². The molecule has 1 rings (SSSR count). The molecule has 0 saturated carbocycles. The second kappa shape index (κ2) is 6.64. The van der Waals surface area contributed by atoms with Gasteiger partial charge in [-0.1, -0.05) is 0 Å². The molecule has 0 aliphatic heterocycles. The number of nitro groups is 1. The smallest absolute Gasteiger partial charge is 0.322 e. The van der Waals surface area contributed by atoms with Gasteiger partial charge < -0.3 is 15.7 Å². The van der Waals surface area contributed by atoms with Crippen LogP contribution >= 0.6 is 0 Å². The summed E-state index contributed by atoms with van der Waals surface area (Å²) in [5.41, 5.74) is -0.437. The van der Waals surface area contributed by atoms with Crippen molar-refractivity contribution in [1.82, 2.24) is 10.3 Å². The number of hydrogen-bond acceptors (Lipinski definition) is 7. The number of carbonyl (C=O) groups is 2. The summed E-state index contributed by atoms with van der Waals surface area (Å²) in [4.78, 5) is 35.2. The topological polar surface area (TPSA) is 158 Å². The van der Waals surface area contributed by atoms with E-state index in [2.05, 4.69) is 15.6 Å². The third-order valence-corrected chi connectivity index (χ3v) is 2.05. The number of carbonyl (C=O) groups excluding carboxylic acids is 1. The van der Waals surface area contributed by atoms with E-state index in [-0.39, 0.29) is 17.9 Å². The van der Waals surface area contributed by atoms with Crippen LogP contribution in [0.4, 0.5) is 11.5 Å². The summed E-state index contributed by atoms with van der Waals surface area (Å²) in [6.07, 6.45) is 1.12. The summed E-state index contributed by atoms with van der Waals surface area (Å²) in [7, 11) is 0. The molecule has 0 fully saturated rings. The van der Waals surface area contributed by atoms with Crippen LogP contribution in [0.2, 0.25) is 0 Å². The molecule has 104 valence electrons. The van der Waals surface area contributed by atoms with Crippen LogP contribution in [0.15, 0.2) is 12.3 Å². The van der Waals surface area contributed by atoms with Gasteiger partial charge in [0.25, 0.3) is 0 Å². The lowest BCUT2D eigenvalue weighted by Crippen LogP contribution is -2.34. The Morgan fingerprint density at radius 3 is 2.75 bits per heavy atom. The Hall–Kier alpha value is -3.22. The Morgan fingerprint density at radius 2 is 2.20 bits per heavy atom. The van der Waals surface area contributed by atoms with Crippen LogP contribution in [0.3, 0.4) is 0 Å². The van der Waals surface area contributed by atoms with Gasteiger partial charge in [0.1, 0.15) is 12.6 Å². The van der Waals surface area contributed by atoms with E-state index < -0.39 is 29.0 Å². The lowest BCUT2D eigenvalue weighted by Gasteiger charge is -2.06. The number of nitrogens with zero attached hydrogens (tertiary/aromatic N) is 3. The summed E-state index contributed by atoms with van der Waals surface area (Å²) >= 11 is 0. The lowest BCUT2D eigenvalue weighted by atomic mass is 10.3. The molecule has 1 aromatic heterocycles. The number of anilines is 1. The van der Waals surface area contributed by atoms with E-state index in [4.69, 9.17) is 10.4 Å². The summed E-state index contributed by atoms with van der Waals surface area (Å²) < 4.78 is 0. The minimum atomic E-state index is -1.21. The van der Waals surface area contributed by atoms with Gasteiger partial charge in [0.05, 0.1) is 17.0 Å².